The first-order chi connectivity index (χ1) is 13.2. The lowest BCUT2D eigenvalue weighted by atomic mass is 10.1. The van der Waals surface area contributed by atoms with E-state index in [-0.39, 0.29) is 18.1 Å². The van der Waals surface area contributed by atoms with Crippen molar-refractivity contribution in [2.45, 2.75) is 31.5 Å². The highest BCUT2D eigenvalue weighted by molar-refractivity contribution is 6.01. The molecular formula is C20H20N4O3. The number of aromatic nitrogens is 3. The summed E-state index contributed by atoms with van der Waals surface area (Å²) in [5.74, 6) is 0.0255. The van der Waals surface area contributed by atoms with Crippen LogP contribution in [0, 0.1) is 0 Å². The molecule has 0 aliphatic carbocycles. The predicted octanol–water partition coefficient (Wildman–Crippen LogP) is 2.05. The van der Waals surface area contributed by atoms with Crippen LogP contribution in [-0.4, -0.2) is 51.3 Å². The van der Waals surface area contributed by atoms with Gasteiger partial charge in [0.05, 0.1) is 36.6 Å². The standard InChI is InChI=1S/C20H20N4O3/c25-15-2-4-27-16(7-15)11-24-18-6-14(9-22-17(18)8-19(24)26)13-5-12-1-3-21-20(12)23-10-13/h1,3,5-6,9-10,15-16,25H,2,4,7-8,11H2,(H,21,23)/t15-,16-/m1/s1. The molecule has 7 heteroatoms. The summed E-state index contributed by atoms with van der Waals surface area (Å²) in [4.78, 5) is 26.3. The van der Waals surface area contributed by atoms with E-state index in [0.717, 1.165) is 33.5 Å². The van der Waals surface area contributed by atoms with E-state index in [1.807, 2.05) is 24.5 Å². The fourth-order valence-electron chi connectivity index (χ4n) is 3.87. The van der Waals surface area contributed by atoms with Crippen molar-refractivity contribution in [2.75, 3.05) is 18.1 Å². The Bertz CT molecular complexity index is 1020. The van der Waals surface area contributed by atoms with Crippen molar-refractivity contribution in [3.8, 4) is 11.1 Å². The van der Waals surface area contributed by atoms with Crippen molar-refractivity contribution in [2.24, 2.45) is 0 Å². The summed E-state index contributed by atoms with van der Waals surface area (Å²) in [5, 5.41) is 10.9. The number of pyridine rings is 2. The fourth-order valence-corrected chi connectivity index (χ4v) is 3.87. The van der Waals surface area contributed by atoms with E-state index in [9.17, 15) is 9.90 Å². The van der Waals surface area contributed by atoms with Gasteiger partial charge in [-0.05, 0) is 24.6 Å². The minimum absolute atomic E-state index is 0.0255. The maximum absolute atomic E-state index is 12.5. The van der Waals surface area contributed by atoms with Gasteiger partial charge in [-0.1, -0.05) is 0 Å². The van der Waals surface area contributed by atoms with E-state index in [1.165, 1.54) is 0 Å². The predicted molar refractivity (Wildman–Crippen MR) is 100 cm³/mol. The molecule has 138 valence electrons. The minimum Gasteiger partial charge on any atom is -0.393 e. The van der Waals surface area contributed by atoms with Crippen molar-refractivity contribution in [3.05, 3.63) is 42.5 Å². The van der Waals surface area contributed by atoms with Gasteiger partial charge in [0.1, 0.15) is 5.65 Å². The molecule has 5 rings (SSSR count). The summed E-state index contributed by atoms with van der Waals surface area (Å²) < 4.78 is 5.74. The van der Waals surface area contributed by atoms with Crippen LogP contribution >= 0.6 is 0 Å². The lowest BCUT2D eigenvalue weighted by Gasteiger charge is -2.30. The van der Waals surface area contributed by atoms with Crippen molar-refractivity contribution < 1.29 is 14.6 Å². The van der Waals surface area contributed by atoms with E-state index < -0.39 is 0 Å². The summed E-state index contributed by atoms with van der Waals surface area (Å²) in [6.07, 6.45) is 6.48. The number of anilines is 1. The zero-order valence-electron chi connectivity index (χ0n) is 14.8. The van der Waals surface area contributed by atoms with Crippen molar-refractivity contribution in [1.82, 2.24) is 15.0 Å². The number of amides is 1. The number of aromatic amines is 1. The van der Waals surface area contributed by atoms with Gasteiger partial charge in [0.2, 0.25) is 5.91 Å². The van der Waals surface area contributed by atoms with Crippen LogP contribution < -0.4 is 4.90 Å². The number of nitrogens with one attached hydrogen (secondary N) is 1. The molecule has 0 bridgehead atoms. The lowest BCUT2D eigenvalue weighted by Crippen LogP contribution is -2.40. The molecular weight excluding hydrogens is 344 g/mol. The van der Waals surface area contributed by atoms with E-state index in [0.29, 0.717) is 32.4 Å². The van der Waals surface area contributed by atoms with Gasteiger partial charge in [-0.2, -0.15) is 0 Å². The first-order valence-corrected chi connectivity index (χ1v) is 9.20. The van der Waals surface area contributed by atoms with Crippen molar-refractivity contribution in [1.29, 1.82) is 0 Å². The van der Waals surface area contributed by atoms with Gasteiger partial charge in [-0.15, -0.1) is 0 Å². The molecule has 2 N–H and O–H groups in total. The molecule has 1 amide bonds. The number of rotatable bonds is 3. The van der Waals surface area contributed by atoms with E-state index in [2.05, 4.69) is 21.0 Å². The zero-order valence-corrected chi connectivity index (χ0v) is 14.8. The highest BCUT2D eigenvalue weighted by Crippen LogP contribution is 2.33. The first kappa shape index (κ1) is 16.4. The second-order valence-corrected chi connectivity index (χ2v) is 7.18. The monoisotopic (exact) mass is 364 g/mol. The molecule has 1 fully saturated rings. The number of H-pyrrole nitrogens is 1. The largest absolute Gasteiger partial charge is 0.393 e. The van der Waals surface area contributed by atoms with Gasteiger partial charge in [0.15, 0.2) is 0 Å². The van der Waals surface area contributed by atoms with Crippen LogP contribution in [0.2, 0.25) is 0 Å². The molecule has 2 atom stereocenters. The number of fused-ring (bicyclic) bond motifs is 2. The second-order valence-electron chi connectivity index (χ2n) is 7.18. The van der Waals surface area contributed by atoms with Gasteiger partial charge in [0, 0.05) is 48.1 Å². The molecule has 5 heterocycles. The molecule has 2 aliphatic rings. The van der Waals surface area contributed by atoms with E-state index in [1.54, 1.807) is 11.1 Å². The Labute approximate surface area is 156 Å². The summed E-state index contributed by atoms with van der Waals surface area (Å²) >= 11 is 0. The molecule has 0 radical (unpaired) electrons. The Morgan fingerprint density at radius 2 is 2.11 bits per heavy atom. The van der Waals surface area contributed by atoms with Gasteiger partial charge < -0.3 is 19.7 Å². The minimum atomic E-state index is -0.357. The molecule has 7 nitrogen and oxygen atoms in total. The zero-order chi connectivity index (χ0) is 18.4. The summed E-state index contributed by atoms with van der Waals surface area (Å²) in [6, 6.07) is 6.04. The number of aliphatic hydroxyl groups excluding tert-OH is 1. The molecule has 0 spiro atoms. The number of carbonyl (C=O) groups excluding carboxylic acids is 1. The third kappa shape index (κ3) is 2.98. The molecule has 1 saturated heterocycles. The normalized spacial score (nSPS) is 22.4. The maximum Gasteiger partial charge on any atom is 0.233 e. The summed E-state index contributed by atoms with van der Waals surface area (Å²) in [7, 11) is 0. The molecule has 27 heavy (non-hydrogen) atoms. The van der Waals surface area contributed by atoms with Crippen LogP contribution in [0.25, 0.3) is 22.2 Å². The molecule has 3 aromatic rings. The Morgan fingerprint density at radius 1 is 1.26 bits per heavy atom. The molecule has 2 aliphatic heterocycles. The number of hydrogen-bond acceptors (Lipinski definition) is 5. The van der Waals surface area contributed by atoms with Crippen LogP contribution in [0.1, 0.15) is 18.5 Å². The van der Waals surface area contributed by atoms with Gasteiger partial charge in [-0.25, -0.2) is 4.98 Å². The topological polar surface area (TPSA) is 91.3 Å². The molecule has 0 unspecified atom stereocenters. The molecule has 3 aromatic heterocycles. The fraction of sp³-hybridized carbons (Fsp3) is 0.350. The Hall–Kier alpha value is -2.77. The van der Waals surface area contributed by atoms with Crippen molar-refractivity contribution >= 4 is 22.6 Å². The Kier molecular flexibility index (Phi) is 3.91. The third-order valence-corrected chi connectivity index (χ3v) is 5.32. The van der Waals surface area contributed by atoms with Crippen LogP contribution in [0.4, 0.5) is 5.69 Å². The van der Waals surface area contributed by atoms with Crippen molar-refractivity contribution in [3.63, 3.8) is 0 Å². The SMILES string of the molecule is O=C1Cc2ncc(-c3cnc4[nH]ccc4c3)cc2N1C[C@H]1C[C@H](O)CCO1. The number of ether oxygens (including phenoxy) is 1. The Balaban J connectivity index is 1.46. The van der Waals surface area contributed by atoms with Crippen LogP contribution in [-0.2, 0) is 16.0 Å². The Morgan fingerprint density at radius 3 is 3.00 bits per heavy atom. The smallest absolute Gasteiger partial charge is 0.233 e. The highest BCUT2D eigenvalue weighted by Gasteiger charge is 2.32. The summed E-state index contributed by atoms with van der Waals surface area (Å²) in [6.45, 7) is 0.977. The number of carbonyl (C=O) groups is 1. The van der Waals surface area contributed by atoms with Gasteiger partial charge in [-0.3, -0.25) is 9.78 Å². The van der Waals surface area contributed by atoms with E-state index >= 15 is 0 Å². The van der Waals surface area contributed by atoms with Gasteiger partial charge in [0.25, 0.3) is 0 Å². The second kappa shape index (κ2) is 6.44. The average Bonchev–Trinajstić information content (AvgIpc) is 3.25. The third-order valence-electron chi connectivity index (χ3n) is 5.32. The number of nitrogens with zero attached hydrogens (tertiary/aromatic N) is 3. The van der Waals surface area contributed by atoms with Crippen LogP contribution in [0.3, 0.4) is 0 Å². The average molecular weight is 364 g/mol. The van der Waals surface area contributed by atoms with E-state index in [4.69, 9.17) is 4.74 Å². The lowest BCUT2D eigenvalue weighted by molar-refractivity contribution is -0.118. The summed E-state index contributed by atoms with van der Waals surface area (Å²) in [5.41, 5.74) is 4.35. The van der Waals surface area contributed by atoms with Crippen LogP contribution in [0.15, 0.2) is 36.8 Å². The first-order valence-electron chi connectivity index (χ1n) is 9.20. The maximum atomic E-state index is 12.5. The molecule has 0 aromatic carbocycles. The number of hydrogen-bond donors (Lipinski definition) is 2. The van der Waals surface area contributed by atoms with Crippen LogP contribution in [0.5, 0.6) is 0 Å². The van der Waals surface area contributed by atoms with Gasteiger partial charge >= 0.3 is 0 Å². The molecule has 0 saturated carbocycles. The quantitative estimate of drug-likeness (QED) is 0.742. The highest BCUT2D eigenvalue weighted by atomic mass is 16.5. The number of aliphatic hydroxyl groups is 1.